The summed E-state index contributed by atoms with van der Waals surface area (Å²) in [7, 11) is 0.606. The monoisotopic (exact) mass is 477 g/mol. The number of nitrogens with one attached hydrogen (secondary N) is 2. The smallest absolute Gasteiger partial charge is 0.191 e. The molecule has 0 atom stereocenters. The van der Waals surface area contributed by atoms with Crippen molar-refractivity contribution in [3.63, 3.8) is 0 Å². The van der Waals surface area contributed by atoms with E-state index in [-0.39, 0.29) is 29.7 Å². The molecule has 0 spiro atoms. The molecule has 1 heterocycles. The van der Waals surface area contributed by atoms with Crippen LogP contribution in [0.15, 0.2) is 41.5 Å². The number of halogens is 1. The molecule has 2 N–H and O–H groups in total. The summed E-state index contributed by atoms with van der Waals surface area (Å²) in [6.07, 6.45) is 2.99. The zero-order chi connectivity index (χ0) is 17.6. The van der Waals surface area contributed by atoms with Crippen molar-refractivity contribution in [3.8, 4) is 0 Å². The molecule has 138 valence electrons. The second kappa shape index (κ2) is 9.76. The summed E-state index contributed by atoms with van der Waals surface area (Å²) in [6.45, 7) is 1.23. The van der Waals surface area contributed by atoms with E-state index in [9.17, 15) is 8.42 Å². The number of sulfone groups is 1. The Bertz CT molecular complexity index is 800. The van der Waals surface area contributed by atoms with Gasteiger partial charge in [0.25, 0.3) is 0 Å². The third-order valence-corrected chi connectivity index (χ3v) is 4.35. The highest BCUT2D eigenvalue weighted by Gasteiger charge is 2.05. The molecule has 1 aromatic heterocycles. The summed E-state index contributed by atoms with van der Waals surface area (Å²) in [4.78, 5) is 4.18. The molecule has 0 aliphatic rings. The van der Waals surface area contributed by atoms with E-state index in [1.54, 1.807) is 17.9 Å². The van der Waals surface area contributed by atoms with Crippen molar-refractivity contribution in [2.45, 2.75) is 18.8 Å². The van der Waals surface area contributed by atoms with Gasteiger partial charge in [0.15, 0.2) is 15.8 Å². The minimum Gasteiger partial charge on any atom is -0.352 e. The minimum absolute atomic E-state index is 0. The van der Waals surface area contributed by atoms with Crippen molar-refractivity contribution >= 4 is 39.8 Å². The lowest BCUT2D eigenvalue weighted by Gasteiger charge is -2.12. The van der Waals surface area contributed by atoms with Crippen LogP contribution in [0, 0.1) is 0 Å². The van der Waals surface area contributed by atoms with E-state index in [1.165, 1.54) is 6.26 Å². The SMILES string of the molecule is CN=C(NCc1ccc(CS(C)(=O)=O)cc1)NCc1ccnn1C.I. The van der Waals surface area contributed by atoms with Crippen molar-refractivity contribution < 1.29 is 8.42 Å². The number of nitrogens with zero attached hydrogens (tertiary/aromatic N) is 3. The van der Waals surface area contributed by atoms with Crippen LogP contribution in [-0.4, -0.2) is 37.5 Å². The quantitative estimate of drug-likeness (QED) is 0.374. The van der Waals surface area contributed by atoms with Crippen molar-refractivity contribution in [2.75, 3.05) is 13.3 Å². The maximum atomic E-state index is 11.3. The fourth-order valence-corrected chi connectivity index (χ4v) is 3.01. The Morgan fingerprint density at radius 1 is 1.12 bits per heavy atom. The zero-order valence-corrected chi connectivity index (χ0v) is 17.7. The van der Waals surface area contributed by atoms with Crippen molar-refractivity contribution in [2.24, 2.45) is 12.0 Å². The number of aliphatic imine (C=N–C) groups is 1. The Morgan fingerprint density at radius 2 is 1.72 bits per heavy atom. The largest absolute Gasteiger partial charge is 0.352 e. The molecule has 1 aromatic carbocycles. The van der Waals surface area contributed by atoms with Gasteiger partial charge in [-0.3, -0.25) is 9.67 Å². The molecule has 25 heavy (non-hydrogen) atoms. The molecule has 0 bridgehead atoms. The fraction of sp³-hybridized carbons (Fsp3) is 0.375. The molecule has 2 aromatic rings. The lowest BCUT2D eigenvalue weighted by molar-refractivity contribution is 0.601. The number of benzene rings is 1. The van der Waals surface area contributed by atoms with E-state index in [2.05, 4.69) is 20.7 Å². The van der Waals surface area contributed by atoms with E-state index in [0.717, 1.165) is 16.8 Å². The van der Waals surface area contributed by atoms with Crippen molar-refractivity contribution in [1.82, 2.24) is 20.4 Å². The summed E-state index contributed by atoms with van der Waals surface area (Å²) < 4.78 is 24.4. The number of aromatic nitrogens is 2. The molecule has 9 heteroatoms. The first-order valence-corrected chi connectivity index (χ1v) is 9.60. The molecule has 0 saturated carbocycles. The highest BCUT2D eigenvalue weighted by molar-refractivity contribution is 14.0. The molecule has 0 saturated heterocycles. The van der Waals surface area contributed by atoms with Crippen LogP contribution in [0.1, 0.15) is 16.8 Å². The van der Waals surface area contributed by atoms with Crippen LogP contribution in [0.4, 0.5) is 0 Å². The van der Waals surface area contributed by atoms with Gasteiger partial charge in [0.1, 0.15) is 0 Å². The van der Waals surface area contributed by atoms with Crippen LogP contribution in [0.2, 0.25) is 0 Å². The average Bonchev–Trinajstić information content (AvgIpc) is 2.93. The third kappa shape index (κ3) is 7.43. The second-order valence-electron chi connectivity index (χ2n) is 5.61. The molecule has 0 aliphatic carbocycles. The second-order valence-corrected chi connectivity index (χ2v) is 7.75. The van der Waals surface area contributed by atoms with Gasteiger partial charge in [-0.2, -0.15) is 5.10 Å². The number of hydrogen-bond acceptors (Lipinski definition) is 4. The molecule has 0 unspecified atom stereocenters. The Balaban J connectivity index is 0.00000312. The van der Waals surface area contributed by atoms with E-state index in [4.69, 9.17) is 0 Å². The van der Waals surface area contributed by atoms with Gasteiger partial charge >= 0.3 is 0 Å². The summed E-state index contributed by atoms with van der Waals surface area (Å²) in [5.41, 5.74) is 2.90. The summed E-state index contributed by atoms with van der Waals surface area (Å²) in [5.74, 6) is 0.755. The number of guanidine groups is 1. The van der Waals surface area contributed by atoms with Gasteiger partial charge < -0.3 is 10.6 Å². The standard InChI is InChI=1S/C16H23N5O2S.HI/c1-17-16(19-11-15-8-9-20-21(15)2)18-10-13-4-6-14(7-5-13)12-24(3,22)23;/h4-9H,10-12H2,1-3H3,(H2,17,18,19);1H. The Labute approximate surface area is 165 Å². The van der Waals surface area contributed by atoms with Crippen LogP contribution in [-0.2, 0) is 35.7 Å². The Kier molecular flexibility index (Phi) is 8.36. The summed E-state index contributed by atoms with van der Waals surface area (Å²) >= 11 is 0. The van der Waals surface area contributed by atoms with Crippen LogP contribution in [0.25, 0.3) is 0 Å². The van der Waals surface area contributed by atoms with Crippen molar-refractivity contribution in [3.05, 3.63) is 53.3 Å². The topological polar surface area (TPSA) is 88.4 Å². The molecular formula is C16H24IN5O2S. The van der Waals surface area contributed by atoms with Gasteiger partial charge in [-0.25, -0.2) is 8.42 Å². The molecule has 0 amide bonds. The van der Waals surface area contributed by atoms with E-state index < -0.39 is 9.84 Å². The maximum Gasteiger partial charge on any atom is 0.191 e. The molecule has 0 radical (unpaired) electrons. The Hall–Kier alpha value is -1.62. The van der Waals surface area contributed by atoms with E-state index in [0.29, 0.717) is 19.0 Å². The first-order chi connectivity index (χ1) is 11.4. The van der Waals surface area contributed by atoms with Crippen LogP contribution in [0.3, 0.4) is 0 Å². The summed E-state index contributed by atoms with van der Waals surface area (Å²) in [5, 5.41) is 10.6. The predicted octanol–water partition coefficient (Wildman–Crippen LogP) is 1.45. The fourth-order valence-electron chi connectivity index (χ4n) is 2.21. The molecular weight excluding hydrogens is 453 g/mol. The normalized spacial score (nSPS) is 11.7. The molecule has 0 fully saturated rings. The van der Waals surface area contributed by atoms with E-state index >= 15 is 0 Å². The maximum absolute atomic E-state index is 11.3. The van der Waals surface area contributed by atoms with Gasteiger partial charge in [-0.05, 0) is 17.2 Å². The zero-order valence-electron chi connectivity index (χ0n) is 14.6. The lowest BCUT2D eigenvalue weighted by Crippen LogP contribution is -2.36. The van der Waals surface area contributed by atoms with Gasteiger partial charge in [0.05, 0.1) is 18.0 Å². The van der Waals surface area contributed by atoms with Crippen LogP contribution < -0.4 is 10.6 Å². The van der Waals surface area contributed by atoms with Crippen LogP contribution >= 0.6 is 24.0 Å². The van der Waals surface area contributed by atoms with Gasteiger partial charge in [0, 0.05) is 33.1 Å². The summed E-state index contributed by atoms with van der Waals surface area (Å²) in [6, 6.07) is 9.46. The molecule has 7 nitrogen and oxygen atoms in total. The number of rotatable bonds is 6. The first kappa shape index (κ1) is 21.4. The highest BCUT2D eigenvalue weighted by Crippen LogP contribution is 2.07. The molecule has 2 rings (SSSR count). The van der Waals surface area contributed by atoms with Gasteiger partial charge in [-0.1, -0.05) is 24.3 Å². The van der Waals surface area contributed by atoms with Gasteiger partial charge in [-0.15, -0.1) is 24.0 Å². The average molecular weight is 477 g/mol. The highest BCUT2D eigenvalue weighted by atomic mass is 127. The molecule has 0 aliphatic heterocycles. The lowest BCUT2D eigenvalue weighted by atomic mass is 10.1. The predicted molar refractivity (Wildman–Crippen MR) is 111 cm³/mol. The Morgan fingerprint density at radius 3 is 2.24 bits per heavy atom. The minimum atomic E-state index is -3.00. The van der Waals surface area contributed by atoms with Gasteiger partial charge in [0.2, 0.25) is 0 Å². The third-order valence-electron chi connectivity index (χ3n) is 3.49. The number of hydrogen-bond donors (Lipinski definition) is 2. The number of aryl methyl sites for hydroxylation is 1. The van der Waals surface area contributed by atoms with Crippen molar-refractivity contribution in [1.29, 1.82) is 0 Å². The first-order valence-electron chi connectivity index (χ1n) is 7.54. The van der Waals surface area contributed by atoms with Crippen LogP contribution in [0.5, 0.6) is 0 Å². The van der Waals surface area contributed by atoms with E-state index in [1.807, 2.05) is 37.4 Å².